The van der Waals surface area contributed by atoms with Gasteiger partial charge in [0.15, 0.2) is 0 Å². The molecule has 3 aromatic rings. The fourth-order valence-corrected chi connectivity index (χ4v) is 3.57. The Morgan fingerprint density at radius 1 is 1.06 bits per heavy atom. The molecule has 33 heavy (non-hydrogen) atoms. The fraction of sp³-hybridized carbons (Fsp3) is 0.292. The summed E-state index contributed by atoms with van der Waals surface area (Å²) in [5.74, 6) is -0.433. The molecule has 9 heteroatoms. The Bertz CT molecular complexity index is 1120. The van der Waals surface area contributed by atoms with Gasteiger partial charge in [-0.25, -0.2) is 18.6 Å². The van der Waals surface area contributed by atoms with Gasteiger partial charge in [0, 0.05) is 42.8 Å². The number of anilines is 2. The van der Waals surface area contributed by atoms with Crippen LogP contribution in [0.25, 0.3) is 10.9 Å². The Labute approximate surface area is 191 Å². The second kappa shape index (κ2) is 10.7. The lowest BCUT2D eigenvalue weighted by molar-refractivity contribution is -0.126. The van der Waals surface area contributed by atoms with Crippen LogP contribution in [0.4, 0.5) is 25.1 Å². The van der Waals surface area contributed by atoms with Gasteiger partial charge in [-0.1, -0.05) is 18.2 Å². The quantitative estimate of drug-likeness (QED) is 0.596. The molecule has 0 saturated carbocycles. The Morgan fingerprint density at radius 2 is 1.67 bits per heavy atom. The number of methoxy groups -OCH3 is 1. The maximum atomic E-state index is 13.7. The Kier molecular flexibility index (Phi) is 7.76. The van der Waals surface area contributed by atoms with Crippen molar-refractivity contribution in [2.24, 2.45) is 0 Å². The zero-order chi connectivity index (χ0) is 24.0. The molecule has 4 rings (SSSR count). The molecular weight excluding hydrogens is 430 g/mol. The summed E-state index contributed by atoms with van der Waals surface area (Å²) in [5.41, 5.74) is 2.09. The van der Waals surface area contributed by atoms with Crippen molar-refractivity contribution in [1.82, 2.24) is 9.88 Å². The monoisotopic (exact) mass is 456 g/mol. The lowest BCUT2D eigenvalue weighted by Crippen LogP contribution is -2.50. The molecule has 1 aliphatic heterocycles. The minimum Gasteiger partial charge on any atom is -0.471 e. The second-order valence-corrected chi connectivity index (χ2v) is 7.62. The normalized spacial score (nSPS) is 13.2. The maximum Gasteiger partial charge on any atom is 0.321 e. The third kappa shape index (κ3) is 5.74. The lowest BCUT2D eigenvalue weighted by Gasteiger charge is -2.36. The van der Waals surface area contributed by atoms with Gasteiger partial charge in [0.25, 0.3) is 6.47 Å². The molecule has 2 aromatic carbocycles. The number of nitrogens with zero attached hydrogens (tertiary/aromatic N) is 3. The van der Waals surface area contributed by atoms with E-state index in [2.05, 4.69) is 21.0 Å². The zero-order valence-electron chi connectivity index (χ0n) is 18.8. The van der Waals surface area contributed by atoms with E-state index in [1.54, 1.807) is 4.90 Å². The highest BCUT2D eigenvalue weighted by Crippen LogP contribution is 2.24. The average Bonchev–Trinajstić information content (AvgIpc) is 2.82. The molecule has 0 unspecified atom stereocenters. The van der Waals surface area contributed by atoms with E-state index in [-0.39, 0.29) is 17.3 Å². The number of carbonyl (C=O) groups is 2. The summed E-state index contributed by atoms with van der Waals surface area (Å²) in [4.78, 5) is 30.0. The van der Waals surface area contributed by atoms with Crippen LogP contribution in [0.1, 0.15) is 11.1 Å². The van der Waals surface area contributed by atoms with Gasteiger partial charge in [-0.3, -0.25) is 4.79 Å². The number of halogens is 2. The first kappa shape index (κ1) is 23.9. The lowest BCUT2D eigenvalue weighted by atomic mass is 10.1. The minimum absolute atomic E-state index is 0.0603. The minimum atomic E-state index is -0.678. The number of ether oxygens (including phenoxy) is 1. The standard InChI is InChI=1S/C22H22F2N4O.C2H4O2/c1-14-11-16-5-3-4-6-20(16)26-21(14)27-7-9-28(10-8-27)22(29)25-17-12-18(23)15(2)19(24)13-17;1-4-2-3/h3-6,11-13H,7-10H2,1-2H3,(H,25,29);2H,1H3. The molecular formula is C24H26F2N4O3. The van der Waals surface area contributed by atoms with Gasteiger partial charge in [-0.05, 0) is 43.7 Å². The molecule has 0 aliphatic carbocycles. The van der Waals surface area contributed by atoms with Crippen molar-refractivity contribution in [2.45, 2.75) is 13.8 Å². The van der Waals surface area contributed by atoms with E-state index < -0.39 is 11.6 Å². The van der Waals surface area contributed by atoms with Crippen molar-refractivity contribution < 1.29 is 23.1 Å². The Hall–Kier alpha value is -3.75. The van der Waals surface area contributed by atoms with Crippen LogP contribution in [-0.2, 0) is 9.53 Å². The number of pyridine rings is 1. The number of hydrogen-bond donors (Lipinski definition) is 1. The van der Waals surface area contributed by atoms with Crippen LogP contribution in [0.5, 0.6) is 0 Å². The van der Waals surface area contributed by atoms with Gasteiger partial charge >= 0.3 is 6.03 Å². The molecule has 0 atom stereocenters. The number of aromatic nitrogens is 1. The van der Waals surface area contributed by atoms with E-state index in [0.717, 1.165) is 34.4 Å². The Morgan fingerprint density at radius 3 is 2.27 bits per heavy atom. The summed E-state index contributed by atoms with van der Waals surface area (Å²) in [6.07, 6.45) is 0. The number of piperazine rings is 1. The number of hydrogen-bond acceptors (Lipinski definition) is 5. The number of rotatable bonds is 3. The largest absolute Gasteiger partial charge is 0.471 e. The van der Waals surface area contributed by atoms with Crippen LogP contribution in [0, 0.1) is 25.5 Å². The summed E-state index contributed by atoms with van der Waals surface area (Å²) in [7, 11) is 1.31. The number of carbonyl (C=O) groups excluding carboxylic acids is 2. The van der Waals surface area contributed by atoms with Crippen LogP contribution in [0.15, 0.2) is 42.5 Å². The third-order valence-corrected chi connectivity index (χ3v) is 5.38. The predicted molar refractivity (Wildman–Crippen MR) is 123 cm³/mol. The van der Waals surface area contributed by atoms with Crippen LogP contribution in [0.2, 0.25) is 0 Å². The van der Waals surface area contributed by atoms with Crippen molar-refractivity contribution in [1.29, 1.82) is 0 Å². The molecule has 2 amide bonds. The van der Waals surface area contributed by atoms with E-state index >= 15 is 0 Å². The molecule has 2 heterocycles. The number of urea groups is 1. The van der Waals surface area contributed by atoms with Gasteiger partial charge in [0.05, 0.1) is 12.6 Å². The second-order valence-electron chi connectivity index (χ2n) is 7.62. The summed E-state index contributed by atoms with van der Waals surface area (Å²) in [6, 6.07) is 12.0. The molecule has 1 N–H and O–H groups in total. The number of aryl methyl sites for hydroxylation is 1. The Balaban J connectivity index is 0.000000709. The van der Waals surface area contributed by atoms with Gasteiger partial charge < -0.3 is 19.9 Å². The van der Waals surface area contributed by atoms with Crippen molar-refractivity contribution in [2.75, 3.05) is 43.5 Å². The van der Waals surface area contributed by atoms with Crippen molar-refractivity contribution in [3.05, 3.63) is 65.2 Å². The molecule has 0 spiro atoms. The predicted octanol–water partition coefficient (Wildman–Crippen LogP) is 4.27. The first-order chi connectivity index (χ1) is 15.8. The average molecular weight is 456 g/mol. The zero-order valence-corrected chi connectivity index (χ0v) is 18.8. The summed E-state index contributed by atoms with van der Waals surface area (Å²) in [5, 5.41) is 3.68. The highest BCUT2D eigenvalue weighted by Gasteiger charge is 2.23. The highest BCUT2D eigenvalue weighted by molar-refractivity contribution is 5.89. The fourth-order valence-electron chi connectivity index (χ4n) is 3.57. The first-order valence-corrected chi connectivity index (χ1v) is 10.4. The van der Waals surface area contributed by atoms with E-state index in [9.17, 15) is 13.6 Å². The first-order valence-electron chi connectivity index (χ1n) is 10.4. The van der Waals surface area contributed by atoms with Gasteiger partial charge in [0.2, 0.25) is 0 Å². The summed E-state index contributed by atoms with van der Waals surface area (Å²) >= 11 is 0. The molecule has 174 valence electrons. The van der Waals surface area contributed by atoms with Crippen LogP contribution < -0.4 is 10.2 Å². The topological polar surface area (TPSA) is 74.8 Å². The third-order valence-electron chi connectivity index (χ3n) is 5.38. The highest BCUT2D eigenvalue weighted by atomic mass is 19.1. The van der Waals surface area contributed by atoms with Gasteiger partial charge in [-0.15, -0.1) is 0 Å². The molecule has 1 saturated heterocycles. The summed E-state index contributed by atoms with van der Waals surface area (Å²) < 4.78 is 31.3. The molecule has 1 aromatic heterocycles. The molecule has 7 nitrogen and oxygen atoms in total. The molecule has 1 fully saturated rings. The number of nitrogens with one attached hydrogen (secondary N) is 1. The molecule has 1 aliphatic rings. The molecule has 0 bridgehead atoms. The van der Waals surface area contributed by atoms with Crippen molar-refractivity contribution >= 4 is 34.9 Å². The summed E-state index contributed by atoms with van der Waals surface area (Å²) in [6.45, 7) is 6.03. The van der Waals surface area contributed by atoms with E-state index in [1.807, 2.05) is 31.2 Å². The number of amides is 2. The number of para-hydroxylation sites is 1. The smallest absolute Gasteiger partial charge is 0.321 e. The van der Waals surface area contributed by atoms with Crippen molar-refractivity contribution in [3.8, 4) is 0 Å². The van der Waals surface area contributed by atoms with Crippen LogP contribution in [0.3, 0.4) is 0 Å². The number of benzene rings is 2. The molecule has 0 radical (unpaired) electrons. The SMILES string of the molecule is COC=O.Cc1cc2ccccc2nc1N1CCN(C(=O)Nc2cc(F)c(C)c(F)c2)CC1. The van der Waals surface area contributed by atoms with E-state index in [1.165, 1.54) is 14.0 Å². The maximum absolute atomic E-state index is 13.7. The van der Waals surface area contributed by atoms with E-state index in [0.29, 0.717) is 32.7 Å². The van der Waals surface area contributed by atoms with Crippen LogP contribution in [-0.4, -0.2) is 55.7 Å². The number of fused-ring (bicyclic) bond motifs is 1. The van der Waals surface area contributed by atoms with Gasteiger partial charge in [0.1, 0.15) is 17.5 Å². The van der Waals surface area contributed by atoms with Gasteiger partial charge in [-0.2, -0.15) is 0 Å². The van der Waals surface area contributed by atoms with Crippen LogP contribution >= 0.6 is 0 Å². The van der Waals surface area contributed by atoms with E-state index in [4.69, 9.17) is 9.78 Å². The van der Waals surface area contributed by atoms with Crippen molar-refractivity contribution in [3.63, 3.8) is 0 Å².